The van der Waals surface area contributed by atoms with Crippen LogP contribution in [0.2, 0.25) is 0 Å². The molecule has 0 fully saturated rings. The fourth-order valence-electron chi connectivity index (χ4n) is 3.29. The van der Waals surface area contributed by atoms with Crippen molar-refractivity contribution in [3.8, 4) is 0 Å². The summed E-state index contributed by atoms with van der Waals surface area (Å²) in [7, 11) is 3.97. The quantitative estimate of drug-likeness (QED) is 0.387. The minimum atomic E-state index is 0. The van der Waals surface area contributed by atoms with Crippen LogP contribution in [0.5, 0.6) is 0 Å². The monoisotopic (exact) mass is 484 g/mol. The van der Waals surface area contributed by atoms with Crippen molar-refractivity contribution in [2.75, 3.05) is 40.3 Å². The highest BCUT2D eigenvalue weighted by atomic mass is 127. The summed E-state index contributed by atoms with van der Waals surface area (Å²) < 4.78 is 0. The minimum Gasteiger partial charge on any atom is -0.355 e. The summed E-state index contributed by atoms with van der Waals surface area (Å²) in [6.07, 6.45) is 2.23. The van der Waals surface area contributed by atoms with Gasteiger partial charge in [-0.05, 0) is 35.4 Å². The predicted molar refractivity (Wildman–Crippen MR) is 123 cm³/mol. The Labute approximate surface area is 178 Å². The molecule has 0 aliphatic carbocycles. The molecule has 1 aliphatic rings. The summed E-state index contributed by atoms with van der Waals surface area (Å²) in [6, 6.07) is 13.1. The van der Waals surface area contributed by atoms with Crippen molar-refractivity contribution >= 4 is 41.3 Å². The van der Waals surface area contributed by atoms with Gasteiger partial charge >= 0.3 is 0 Å². The zero-order valence-electron chi connectivity index (χ0n) is 15.6. The maximum atomic E-state index is 4.42. The second-order valence-corrected chi connectivity index (χ2v) is 7.55. The van der Waals surface area contributed by atoms with Crippen LogP contribution in [-0.4, -0.2) is 56.0 Å². The summed E-state index contributed by atoms with van der Waals surface area (Å²) >= 11 is 1.82. The van der Waals surface area contributed by atoms with Gasteiger partial charge in [0, 0.05) is 51.7 Å². The minimum absolute atomic E-state index is 0. The lowest BCUT2D eigenvalue weighted by Crippen LogP contribution is -2.44. The lowest BCUT2D eigenvalue weighted by molar-refractivity contribution is 0.257. The van der Waals surface area contributed by atoms with Crippen LogP contribution in [0.1, 0.15) is 16.0 Å². The van der Waals surface area contributed by atoms with Crippen molar-refractivity contribution in [1.29, 1.82) is 0 Å². The Morgan fingerprint density at radius 2 is 2.04 bits per heavy atom. The van der Waals surface area contributed by atoms with Crippen LogP contribution in [0, 0.1) is 0 Å². The standard InChI is InChI=1S/C20H28N4S.HI/c1-21-20(23(2)12-10-19-8-5-15-25-19)22-11-14-24-13-9-17-6-3-4-7-18(17)16-24;/h3-8,15H,9-14,16H2,1-2H3,(H,21,22);1H. The molecule has 142 valence electrons. The van der Waals surface area contributed by atoms with Crippen LogP contribution >= 0.6 is 35.3 Å². The van der Waals surface area contributed by atoms with Gasteiger partial charge in [0.15, 0.2) is 5.96 Å². The number of thiophene rings is 1. The van der Waals surface area contributed by atoms with E-state index in [1.807, 2.05) is 18.4 Å². The van der Waals surface area contributed by atoms with Crippen LogP contribution < -0.4 is 5.32 Å². The van der Waals surface area contributed by atoms with Gasteiger partial charge in [-0.25, -0.2) is 0 Å². The van der Waals surface area contributed by atoms with Gasteiger partial charge in [0.1, 0.15) is 0 Å². The van der Waals surface area contributed by atoms with Gasteiger partial charge in [0.2, 0.25) is 0 Å². The Bertz CT molecular complexity index is 687. The molecule has 3 rings (SSSR count). The van der Waals surface area contributed by atoms with Gasteiger partial charge < -0.3 is 10.2 Å². The van der Waals surface area contributed by atoms with Gasteiger partial charge in [-0.2, -0.15) is 0 Å². The molecular weight excluding hydrogens is 455 g/mol. The van der Waals surface area contributed by atoms with Crippen LogP contribution in [0.15, 0.2) is 46.8 Å². The molecule has 0 spiro atoms. The molecule has 6 heteroatoms. The molecule has 2 heterocycles. The third-order valence-corrected chi connectivity index (χ3v) is 5.70. The van der Waals surface area contributed by atoms with E-state index in [2.05, 4.69) is 68.9 Å². The Hall–Kier alpha value is -1.12. The third kappa shape index (κ3) is 5.96. The number of nitrogens with one attached hydrogen (secondary N) is 1. The first-order valence-electron chi connectivity index (χ1n) is 8.99. The fourth-order valence-corrected chi connectivity index (χ4v) is 3.99. The maximum Gasteiger partial charge on any atom is 0.193 e. The number of nitrogens with zero attached hydrogens (tertiary/aromatic N) is 3. The number of likely N-dealkylation sites (N-methyl/N-ethyl adjacent to an activating group) is 1. The molecule has 1 aliphatic heterocycles. The molecule has 0 bridgehead atoms. The van der Waals surface area contributed by atoms with E-state index in [4.69, 9.17) is 0 Å². The Morgan fingerprint density at radius 1 is 1.23 bits per heavy atom. The van der Waals surface area contributed by atoms with Gasteiger partial charge in [0.05, 0.1) is 0 Å². The molecule has 0 atom stereocenters. The zero-order valence-corrected chi connectivity index (χ0v) is 18.8. The van der Waals surface area contributed by atoms with Crippen molar-refractivity contribution in [3.63, 3.8) is 0 Å². The molecule has 0 unspecified atom stereocenters. The van der Waals surface area contributed by atoms with E-state index in [1.54, 1.807) is 0 Å². The van der Waals surface area contributed by atoms with E-state index in [9.17, 15) is 0 Å². The average Bonchev–Trinajstić information content (AvgIpc) is 3.17. The highest BCUT2D eigenvalue weighted by molar-refractivity contribution is 14.0. The molecule has 2 aromatic rings. The molecule has 26 heavy (non-hydrogen) atoms. The van der Waals surface area contributed by atoms with Crippen LogP contribution in [0.4, 0.5) is 0 Å². The Balaban J connectivity index is 0.00000243. The SMILES string of the molecule is CN=C(NCCN1CCc2ccccc2C1)N(C)CCc1cccs1.I. The molecule has 1 aromatic heterocycles. The van der Waals surface area contributed by atoms with Gasteiger partial charge in [-0.1, -0.05) is 30.3 Å². The van der Waals surface area contributed by atoms with Crippen LogP contribution in [0.3, 0.4) is 0 Å². The van der Waals surface area contributed by atoms with Gasteiger partial charge in [-0.15, -0.1) is 35.3 Å². The highest BCUT2D eigenvalue weighted by Gasteiger charge is 2.15. The first-order chi connectivity index (χ1) is 12.3. The van der Waals surface area contributed by atoms with Crippen molar-refractivity contribution < 1.29 is 0 Å². The van der Waals surface area contributed by atoms with Crippen LogP contribution in [-0.2, 0) is 19.4 Å². The van der Waals surface area contributed by atoms with Crippen molar-refractivity contribution in [1.82, 2.24) is 15.1 Å². The summed E-state index contributed by atoms with van der Waals surface area (Å²) in [6.45, 7) is 5.16. The van der Waals surface area contributed by atoms with E-state index >= 15 is 0 Å². The van der Waals surface area contributed by atoms with E-state index in [-0.39, 0.29) is 24.0 Å². The van der Waals surface area contributed by atoms with E-state index in [1.165, 1.54) is 16.0 Å². The first-order valence-corrected chi connectivity index (χ1v) is 9.87. The molecular formula is C20H29IN4S. The number of guanidine groups is 1. The smallest absolute Gasteiger partial charge is 0.193 e. The number of hydrogen-bond donors (Lipinski definition) is 1. The molecule has 1 aromatic carbocycles. The first kappa shape index (κ1) is 21.2. The van der Waals surface area contributed by atoms with Gasteiger partial charge in [-0.3, -0.25) is 9.89 Å². The summed E-state index contributed by atoms with van der Waals surface area (Å²) in [4.78, 5) is 10.6. The number of halogens is 1. The summed E-state index contributed by atoms with van der Waals surface area (Å²) in [5.41, 5.74) is 2.99. The average molecular weight is 484 g/mol. The predicted octanol–water partition coefficient (Wildman–Crippen LogP) is 3.47. The maximum absolute atomic E-state index is 4.42. The third-order valence-electron chi connectivity index (χ3n) is 4.77. The Morgan fingerprint density at radius 3 is 2.77 bits per heavy atom. The second-order valence-electron chi connectivity index (χ2n) is 6.52. The molecule has 0 amide bonds. The molecule has 0 saturated heterocycles. The number of fused-ring (bicyclic) bond motifs is 1. The van der Waals surface area contributed by atoms with E-state index in [0.717, 1.165) is 51.5 Å². The molecule has 0 saturated carbocycles. The normalized spacial score (nSPS) is 14.5. The molecule has 0 radical (unpaired) electrons. The topological polar surface area (TPSA) is 30.9 Å². The van der Waals surface area contributed by atoms with Crippen molar-refractivity contribution in [2.24, 2.45) is 4.99 Å². The number of hydrogen-bond acceptors (Lipinski definition) is 3. The van der Waals surface area contributed by atoms with Gasteiger partial charge in [0.25, 0.3) is 0 Å². The largest absolute Gasteiger partial charge is 0.355 e. The Kier molecular flexibility index (Phi) is 8.87. The number of rotatable bonds is 6. The highest BCUT2D eigenvalue weighted by Crippen LogP contribution is 2.17. The number of aliphatic imine (C=N–C) groups is 1. The second kappa shape index (κ2) is 10.9. The van der Waals surface area contributed by atoms with Crippen molar-refractivity contribution in [3.05, 3.63) is 57.8 Å². The summed E-state index contributed by atoms with van der Waals surface area (Å²) in [5, 5.41) is 5.65. The van der Waals surface area contributed by atoms with Crippen molar-refractivity contribution in [2.45, 2.75) is 19.4 Å². The zero-order chi connectivity index (χ0) is 17.5. The molecule has 4 nitrogen and oxygen atoms in total. The molecule has 1 N–H and O–H groups in total. The number of benzene rings is 1. The lowest BCUT2D eigenvalue weighted by atomic mass is 10.00. The van der Waals surface area contributed by atoms with Crippen LogP contribution in [0.25, 0.3) is 0 Å². The fraction of sp³-hybridized carbons (Fsp3) is 0.450. The van der Waals surface area contributed by atoms with E-state index in [0.29, 0.717) is 0 Å². The van der Waals surface area contributed by atoms with E-state index < -0.39 is 0 Å². The summed E-state index contributed by atoms with van der Waals surface area (Å²) in [5.74, 6) is 0.981. The lowest BCUT2D eigenvalue weighted by Gasteiger charge is -2.29.